The molecule has 0 unspecified atom stereocenters. The normalized spacial score (nSPS) is 10.7. The van der Waals surface area contributed by atoms with Crippen molar-refractivity contribution in [2.45, 2.75) is 33.6 Å². The number of hydrogen-bond donors (Lipinski definition) is 1. The Morgan fingerprint density at radius 1 is 1.32 bits per heavy atom. The standard InChI is InChI=1S/C15H20ClN3/c1-4-5-8-17-15-18-12(3)10-19(15)14-9-13(16)7-6-11(14)2/h6-7,9-10H,4-5,8H2,1-3H3,(H,17,18). The van der Waals surface area contributed by atoms with Crippen molar-refractivity contribution in [1.82, 2.24) is 9.55 Å². The van der Waals surface area contributed by atoms with E-state index in [-0.39, 0.29) is 0 Å². The number of halogens is 1. The van der Waals surface area contributed by atoms with E-state index in [1.54, 1.807) is 0 Å². The Morgan fingerprint density at radius 2 is 2.11 bits per heavy atom. The highest BCUT2D eigenvalue weighted by atomic mass is 35.5. The van der Waals surface area contributed by atoms with Crippen LogP contribution >= 0.6 is 11.6 Å². The fourth-order valence-corrected chi connectivity index (χ4v) is 2.19. The molecule has 0 fully saturated rings. The van der Waals surface area contributed by atoms with E-state index in [0.29, 0.717) is 0 Å². The van der Waals surface area contributed by atoms with Crippen molar-refractivity contribution in [3.63, 3.8) is 0 Å². The second-order valence-electron chi connectivity index (χ2n) is 4.79. The largest absolute Gasteiger partial charge is 0.355 e. The van der Waals surface area contributed by atoms with E-state index in [2.05, 4.69) is 28.7 Å². The van der Waals surface area contributed by atoms with Gasteiger partial charge in [0.05, 0.1) is 11.4 Å². The van der Waals surface area contributed by atoms with Gasteiger partial charge in [0.1, 0.15) is 0 Å². The molecule has 0 aliphatic carbocycles. The summed E-state index contributed by atoms with van der Waals surface area (Å²) in [5.74, 6) is 0.885. The lowest BCUT2D eigenvalue weighted by Gasteiger charge is -2.12. The molecule has 0 spiro atoms. The molecule has 1 heterocycles. The molecule has 0 saturated heterocycles. The minimum absolute atomic E-state index is 0.742. The van der Waals surface area contributed by atoms with E-state index in [4.69, 9.17) is 11.6 Å². The third kappa shape index (κ3) is 3.29. The van der Waals surface area contributed by atoms with Gasteiger partial charge in [0, 0.05) is 17.8 Å². The summed E-state index contributed by atoms with van der Waals surface area (Å²) < 4.78 is 2.08. The van der Waals surface area contributed by atoms with Gasteiger partial charge in [-0.25, -0.2) is 4.98 Å². The molecule has 0 bridgehead atoms. The molecule has 2 rings (SSSR count). The van der Waals surface area contributed by atoms with Crippen LogP contribution in [-0.4, -0.2) is 16.1 Å². The Hall–Kier alpha value is -1.48. The topological polar surface area (TPSA) is 29.9 Å². The number of hydrogen-bond acceptors (Lipinski definition) is 2. The van der Waals surface area contributed by atoms with Crippen LogP contribution in [0.3, 0.4) is 0 Å². The number of benzene rings is 1. The minimum atomic E-state index is 0.742. The van der Waals surface area contributed by atoms with Gasteiger partial charge < -0.3 is 5.32 Å². The summed E-state index contributed by atoms with van der Waals surface area (Å²) in [7, 11) is 0. The van der Waals surface area contributed by atoms with Gasteiger partial charge in [-0.15, -0.1) is 0 Å². The molecule has 102 valence electrons. The monoisotopic (exact) mass is 277 g/mol. The molecule has 0 aliphatic rings. The molecule has 0 aliphatic heterocycles. The van der Waals surface area contributed by atoms with E-state index in [9.17, 15) is 0 Å². The highest BCUT2D eigenvalue weighted by molar-refractivity contribution is 6.30. The lowest BCUT2D eigenvalue weighted by Crippen LogP contribution is -2.08. The molecule has 0 saturated carbocycles. The highest BCUT2D eigenvalue weighted by Gasteiger charge is 2.09. The highest BCUT2D eigenvalue weighted by Crippen LogP contribution is 2.23. The first-order chi connectivity index (χ1) is 9.11. The minimum Gasteiger partial charge on any atom is -0.355 e. The number of unbranched alkanes of at least 4 members (excludes halogenated alkanes) is 1. The predicted molar refractivity (Wildman–Crippen MR) is 81.4 cm³/mol. The Morgan fingerprint density at radius 3 is 2.84 bits per heavy atom. The van der Waals surface area contributed by atoms with Crippen molar-refractivity contribution >= 4 is 17.5 Å². The lowest BCUT2D eigenvalue weighted by atomic mass is 10.2. The molecular formula is C15H20ClN3. The summed E-state index contributed by atoms with van der Waals surface area (Å²) in [5, 5.41) is 4.13. The summed E-state index contributed by atoms with van der Waals surface area (Å²) in [6, 6.07) is 5.92. The van der Waals surface area contributed by atoms with Gasteiger partial charge in [-0.3, -0.25) is 4.57 Å². The number of nitrogens with zero attached hydrogens (tertiary/aromatic N) is 2. The molecule has 0 atom stereocenters. The molecule has 0 radical (unpaired) electrons. The smallest absolute Gasteiger partial charge is 0.207 e. The zero-order valence-corrected chi connectivity index (χ0v) is 12.5. The van der Waals surface area contributed by atoms with E-state index < -0.39 is 0 Å². The van der Waals surface area contributed by atoms with Crippen LogP contribution in [0.1, 0.15) is 31.0 Å². The van der Waals surface area contributed by atoms with Crippen molar-refractivity contribution in [3.8, 4) is 5.69 Å². The average molecular weight is 278 g/mol. The van der Waals surface area contributed by atoms with Crippen molar-refractivity contribution in [3.05, 3.63) is 40.7 Å². The van der Waals surface area contributed by atoms with Gasteiger partial charge in [0.2, 0.25) is 5.95 Å². The number of imidazole rings is 1. The molecular weight excluding hydrogens is 258 g/mol. The first kappa shape index (κ1) is 13.9. The third-order valence-electron chi connectivity index (χ3n) is 3.07. The maximum atomic E-state index is 6.10. The molecule has 1 aromatic heterocycles. The van der Waals surface area contributed by atoms with Gasteiger partial charge in [-0.1, -0.05) is 31.0 Å². The van der Waals surface area contributed by atoms with Crippen LogP contribution in [0.5, 0.6) is 0 Å². The second-order valence-corrected chi connectivity index (χ2v) is 5.22. The fraction of sp³-hybridized carbons (Fsp3) is 0.400. The van der Waals surface area contributed by atoms with Crippen molar-refractivity contribution < 1.29 is 0 Å². The Balaban J connectivity index is 2.35. The first-order valence-corrected chi connectivity index (χ1v) is 7.06. The molecule has 1 aromatic carbocycles. The summed E-state index contributed by atoms with van der Waals surface area (Å²) >= 11 is 6.10. The molecule has 0 amide bonds. The van der Waals surface area contributed by atoms with Crippen molar-refractivity contribution in [1.29, 1.82) is 0 Å². The maximum absolute atomic E-state index is 6.10. The number of aromatic nitrogens is 2. The van der Waals surface area contributed by atoms with Crippen LogP contribution in [0.4, 0.5) is 5.95 Å². The zero-order valence-electron chi connectivity index (χ0n) is 11.7. The van der Waals surface area contributed by atoms with Crippen LogP contribution in [-0.2, 0) is 0 Å². The third-order valence-corrected chi connectivity index (χ3v) is 3.31. The van der Waals surface area contributed by atoms with Crippen LogP contribution < -0.4 is 5.32 Å². The van der Waals surface area contributed by atoms with Gasteiger partial charge in [0.15, 0.2) is 0 Å². The lowest BCUT2D eigenvalue weighted by molar-refractivity contribution is 0.822. The van der Waals surface area contributed by atoms with Gasteiger partial charge in [0.25, 0.3) is 0 Å². The molecule has 3 nitrogen and oxygen atoms in total. The van der Waals surface area contributed by atoms with Crippen LogP contribution in [0, 0.1) is 13.8 Å². The second kappa shape index (κ2) is 6.11. The fourth-order valence-electron chi connectivity index (χ4n) is 2.03. The van der Waals surface area contributed by atoms with Crippen LogP contribution in [0.15, 0.2) is 24.4 Å². The number of nitrogens with one attached hydrogen (secondary N) is 1. The van der Waals surface area contributed by atoms with Crippen molar-refractivity contribution in [2.24, 2.45) is 0 Å². The van der Waals surface area contributed by atoms with E-state index in [0.717, 1.165) is 35.3 Å². The summed E-state index contributed by atoms with van der Waals surface area (Å²) in [6.07, 6.45) is 4.34. The number of rotatable bonds is 5. The molecule has 19 heavy (non-hydrogen) atoms. The Bertz CT molecular complexity index is 561. The van der Waals surface area contributed by atoms with Gasteiger partial charge in [-0.05, 0) is 38.0 Å². The van der Waals surface area contributed by atoms with E-state index in [1.807, 2.05) is 31.3 Å². The first-order valence-electron chi connectivity index (χ1n) is 6.68. The molecule has 1 N–H and O–H groups in total. The molecule has 4 heteroatoms. The summed E-state index contributed by atoms with van der Waals surface area (Å²) in [6.45, 7) is 7.20. The maximum Gasteiger partial charge on any atom is 0.207 e. The predicted octanol–water partition coefficient (Wildman–Crippen LogP) is 4.35. The van der Waals surface area contributed by atoms with E-state index >= 15 is 0 Å². The van der Waals surface area contributed by atoms with Crippen molar-refractivity contribution in [2.75, 3.05) is 11.9 Å². The summed E-state index contributed by atoms with van der Waals surface area (Å²) in [5.41, 5.74) is 3.26. The number of anilines is 1. The Labute approximate surface area is 119 Å². The quantitative estimate of drug-likeness (QED) is 0.823. The number of aryl methyl sites for hydroxylation is 2. The summed E-state index contributed by atoms with van der Waals surface area (Å²) in [4.78, 5) is 4.54. The van der Waals surface area contributed by atoms with Gasteiger partial charge in [-0.2, -0.15) is 0 Å². The van der Waals surface area contributed by atoms with Crippen LogP contribution in [0.2, 0.25) is 5.02 Å². The SMILES string of the molecule is CCCCNc1nc(C)cn1-c1cc(Cl)ccc1C. The zero-order chi connectivity index (χ0) is 13.8. The molecule has 2 aromatic rings. The van der Waals surface area contributed by atoms with E-state index in [1.165, 1.54) is 12.0 Å². The Kier molecular flexibility index (Phi) is 4.48. The van der Waals surface area contributed by atoms with Crippen LogP contribution in [0.25, 0.3) is 5.69 Å². The van der Waals surface area contributed by atoms with Gasteiger partial charge >= 0.3 is 0 Å². The average Bonchev–Trinajstić information content (AvgIpc) is 2.74.